The number of amides is 1. The van der Waals surface area contributed by atoms with Gasteiger partial charge in [0.25, 0.3) is 0 Å². The highest BCUT2D eigenvalue weighted by molar-refractivity contribution is 5.99. The first-order chi connectivity index (χ1) is 10.6. The Morgan fingerprint density at radius 3 is 2.64 bits per heavy atom. The van der Waals surface area contributed by atoms with E-state index in [0.717, 1.165) is 43.2 Å². The van der Waals surface area contributed by atoms with Gasteiger partial charge in [0.05, 0.1) is 19.1 Å². The average Bonchev–Trinajstić information content (AvgIpc) is 2.90. The maximum Gasteiger partial charge on any atom is 0.308 e. The number of ether oxygens (including phenoxy) is 1. The second-order valence-corrected chi connectivity index (χ2v) is 5.81. The van der Waals surface area contributed by atoms with Crippen LogP contribution in [0.15, 0.2) is 18.2 Å². The van der Waals surface area contributed by atoms with Gasteiger partial charge in [-0.1, -0.05) is 0 Å². The Morgan fingerprint density at radius 1 is 1.32 bits per heavy atom. The van der Waals surface area contributed by atoms with Crippen LogP contribution in [-0.4, -0.2) is 49.8 Å². The largest absolute Gasteiger partial charge is 0.481 e. The molecule has 6 nitrogen and oxygen atoms in total. The minimum absolute atomic E-state index is 0.0829. The van der Waals surface area contributed by atoms with Crippen LogP contribution in [0.4, 0.5) is 11.4 Å². The lowest BCUT2D eigenvalue weighted by atomic mass is 10.1. The number of carbonyl (C=O) groups is 2. The second kappa shape index (κ2) is 5.96. The Morgan fingerprint density at radius 2 is 2.05 bits per heavy atom. The number of benzene rings is 1. The van der Waals surface area contributed by atoms with Gasteiger partial charge in [0.15, 0.2) is 0 Å². The van der Waals surface area contributed by atoms with Gasteiger partial charge in [0, 0.05) is 37.4 Å². The van der Waals surface area contributed by atoms with Crippen molar-refractivity contribution in [2.24, 2.45) is 5.92 Å². The van der Waals surface area contributed by atoms with E-state index < -0.39 is 11.9 Å². The molecule has 1 N–H and O–H groups in total. The van der Waals surface area contributed by atoms with Crippen molar-refractivity contribution in [1.82, 2.24) is 0 Å². The Bertz CT molecular complexity index is 596. The van der Waals surface area contributed by atoms with E-state index in [1.807, 2.05) is 25.1 Å². The molecular formula is C16H20N2O4. The molecule has 0 aliphatic carbocycles. The molecule has 1 atom stereocenters. The topological polar surface area (TPSA) is 70.1 Å². The maximum absolute atomic E-state index is 12.0. The summed E-state index contributed by atoms with van der Waals surface area (Å²) in [6.07, 6.45) is 0.0829. The molecule has 0 bridgehead atoms. The first-order valence-corrected chi connectivity index (χ1v) is 7.53. The van der Waals surface area contributed by atoms with Gasteiger partial charge in [-0.2, -0.15) is 0 Å². The van der Waals surface area contributed by atoms with Gasteiger partial charge in [0.1, 0.15) is 0 Å². The van der Waals surface area contributed by atoms with Gasteiger partial charge in [-0.25, -0.2) is 0 Å². The average molecular weight is 304 g/mol. The summed E-state index contributed by atoms with van der Waals surface area (Å²) in [6.45, 7) is 5.46. The number of hydrogen-bond donors (Lipinski definition) is 1. The third-order valence-electron chi connectivity index (χ3n) is 4.32. The van der Waals surface area contributed by atoms with Crippen LogP contribution in [0.5, 0.6) is 0 Å². The molecular weight excluding hydrogens is 284 g/mol. The van der Waals surface area contributed by atoms with Crippen LogP contribution >= 0.6 is 0 Å². The molecule has 1 aromatic rings. The highest BCUT2D eigenvalue weighted by Gasteiger charge is 2.35. The molecule has 1 unspecified atom stereocenters. The van der Waals surface area contributed by atoms with Gasteiger partial charge in [-0.15, -0.1) is 0 Å². The van der Waals surface area contributed by atoms with Crippen molar-refractivity contribution in [3.63, 3.8) is 0 Å². The van der Waals surface area contributed by atoms with Gasteiger partial charge in [-0.3, -0.25) is 9.59 Å². The number of anilines is 2. The van der Waals surface area contributed by atoms with E-state index in [0.29, 0.717) is 0 Å². The smallest absolute Gasteiger partial charge is 0.308 e. The summed E-state index contributed by atoms with van der Waals surface area (Å²) < 4.78 is 5.36. The number of aryl methyl sites for hydroxylation is 1. The molecule has 22 heavy (non-hydrogen) atoms. The summed E-state index contributed by atoms with van der Waals surface area (Å²) in [6, 6.07) is 5.88. The summed E-state index contributed by atoms with van der Waals surface area (Å²) in [5.41, 5.74) is 3.02. The molecule has 3 rings (SSSR count). The van der Waals surface area contributed by atoms with Crippen LogP contribution in [-0.2, 0) is 14.3 Å². The number of aliphatic carboxylic acids is 1. The van der Waals surface area contributed by atoms with Crippen LogP contribution in [0.1, 0.15) is 12.0 Å². The molecule has 1 amide bonds. The Labute approximate surface area is 129 Å². The van der Waals surface area contributed by atoms with E-state index in [4.69, 9.17) is 9.84 Å². The summed E-state index contributed by atoms with van der Waals surface area (Å²) in [4.78, 5) is 26.9. The van der Waals surface area contributed by atoms with Gasteiger partial charge >= 0.3 is 5.97 Å². The van der Waals surface area contributed by atoms with Crippen LogP contribution in [0.25, 0.3) is 0 Å². The molecule has 2 heterocycles. The standard InChI is InChI=1S/C16H20N2O4/c1-11-8-13(18-10-12(16(20)21)9-15(18)19)2-3-14(11)17-4-6-22-7-5-17/h2-3,8,12H,4-7,9-10H2,1H3,(H,20,21). The maximum atomic E-state index is 12.0. The van der Waals surface area contributed by atoms with E-state index in [-0.39, 0.29) is 18.9 Å². The third-order valence-corrected chi connectivity index (χ3v) is 4.32. The molecule has 0 saturated carbocycles. The lowest BCUT2D eigenvalue weighted by molar-refractivity contribution is -0.141. The number of carbonyl (C=O) groups excluding carboxylic acids is 1. The van der Waals surface area contributed by atoms with E-state index >= 15 is 0 Å². The number of nitrogens with zero attached hydrogens (tertiary/aromatic N) is 2. The Hall–Kier alpha value is -2.08. The molecule has 0 aromatic heterocycles. The van der Waals surface area contributed by atoms with Crippen molar-refractivity contribution in [2.45, 2.75) is 13.3 Å². The predicted octanol–water partition coefficient (Wildman–Crippen LogP) is 1.27. The number of rotatable bonds is 3. The van der Waals surface area contributed by atoms with E-state index in [2.05, 4.69) is 4.90 Å². The Balaban J connectivity index is 1.80. The molecule has 1 aromatic carbocycles. The zero-order valence-electron chi connectivity index (χ0n) is 12.6. The first-order valence-electron chi connectivity index (χ1n) is 7.53. The lowest BCUT2D eigenvalue weighted by Gasteiger charge is -2.30. The summed E-state index contributed by atoms with van der Waals surface area (Å²) in [5, 5.41) is 9.07. The van der Waals surface area contributed by atoms with Crippen molar-refractivity contribution < 1.29 is 19.4 Å². The fraction of sp³-hybridized carbons (Fsp3) is 0.500. The molecule has 2 saturated heterocycles. The highest BCUT2D eigenvalue weighted by atomic mass is 16.5. The van der Waals surface area contributed by atoms with Crippen LogP contribution in [0, 0.1) is 12.8 Å². The monoisotopic (exact) mass is 304 g/mol. The van der Waals surface area contributed by atoms with Gasteiger partial charge in [-0.05, 0) is 30.7 Å². The SMILES string of the molecule is Cc1cc(N2CC(C(=O)O)CC2=O)ccc1N1CCOCC1. The normalized spacial score (nSPS) is 22.2. The summed E-state index contributed by atoms with van der Waals surface area (Å²) >= 11 is 0. The summed E-state index contributed by atoms with van der Waals surface area (Å²) in [5.74, 6) is -1.63. The van der Waals surface area contributed by atoms with Crippen LogP contribution in [0.3, 0.4) is 0 Å². The van der Waals surface area contributed by atoms with Crippen molar-refractivity contribution >= 4 is 23.3 Å². The molecule has 0 radical (unpaired) electrons. The number of carboxylic acids is 1. The number of hydrogen-bond acceptors (Lipinski definition) is 4. The van der Waals surface area contributed by atoms with Crippen molar-refractivity contribution in [2.75, 3.05) is 42.6 Å². The quantitative estimate of drug-likeness (QED) is 0.910. The van der Waals surface area contributed by atoms with Crippen molar-refractivity contribution in [1.29, 1.82) is 0 Å². The lowest BCUT2D eigenvalue weighted by Crippen LogP contribution is -2.36. The molecule has 118 valence electrons. The molecule has 2 fully saturated rings. The predicted molar refractivity (Wildman–Crippen MR) is 82.3 cm³/mol. The molecule has 2 aliphatic rings. The Kier molecular flexibility index (Phi) is 4.02. The fourth-order valence-corrected chi connectivity index (χ4v) is 3.09. The molecule has 2 aliphatic heterocycles. The summed E-state index contributed by atoms with van der Waals surface area (Å²) in [7, 11) is 0. The van der Waals surface area contributed by atoms with Gasteiger partial charge in [0.2, 0.25) is 5.91 Å². The van der Waals surface area contributed by atoms with Crippen LogP contribution in [0.2, 0.25) is 0 Å². The minimum Gasteiger partial charge on any atom is -0.481 e. The van der Waals surface area contributed by atoms with E-state index in [9.17, 15) is 9.59 Å². The molecule has 6 heteroatoms. The van der Waals surface area contributed by atoms with Crippen molar-refractivity contribution in [3.8, 4) is 0 Å². The third kappa shape index (κ3) is 2.78. The highest BCUT2D eigenvalue weighted by Crippen LogP contribution is 2.30. The minimum atomic E-state index is -0.905. The number of morpholine rings is 1. The zero-order valence-corrected chi connectivity index (χ0v) is 12.6. The second-order valence-electron chi connectivity index (χ2n) is 5.81. The van der Waals surface area contributed by atoms with E-state index in [1.165, 1.54) is 0 Å². The number of carboxylic acid groups (broad SMARTS) is 1. The van der Waals surface area contributed by atoms with E-state index in [1.54, 1.807) is 4.90 Å². The first kappa shape index (κ1) is 14.8. The zero-order chi connectivity index (χ0) is 15.7. The van der Waals surface area contributed by atoms with Gasteiger partial charge < -0.3 is 19.6 Å². The van der Waals surface area contributed by atoms with Crippen molar-refractivity contribution in [3.05, 3.63) is 23.8 Å². The van der Waals surface area contributed by atoms with Crippen LogP contribution < -0.4 is 9.80 Å². The fourth-order valence-electron chi connectivity index (χ4n) is 3.09. The molecule has 0 spiro atoms.